The molecule has 180 valence electrons. The van der Waals surface area contributed by atoms with Gasteiger partial charge in [0.1, 0.15) is 11.0 Å². The monoisotopic (exact) mass is 487 g/mol. The second-order valence-corrected chi connectivity index (χ2v) is 9.61. The van der Waals surface area contributed by atoms with Gasteiger partial charge in [0.15, 0.2) is 0 Å². The minimum atomic E-state index is -0.0295. The summed E-state index contributed by atoms with van der Waals surface area (Å²) in [5.41, 5.74) is 5.33. The number of halogens is 1. The van der Waals surface area contributed by atoms with E-state index in [-0.39, 0.29) is 5.91 Å². The molecule has 0 radical (unpaired) electrons. The average Bonchev–Trinajstić information content (AvgIpc) is 3.23. The van der Waals surface area contributed by atoms with Crippen molar-refractivity contribution in [2.75, 3.05) is 25.0 Å². The summed E-state index contributed by atoms with van der Waals surface area (Å²) in [4.78, 5) is 23.1. The summed E-state index contributed by atoms with van der Waals surface area (Å²) >= 11 is 6.00. The maximum atomic E-state index is 11.4. The van der Waals surface area contributed by atoms with E-state index >= 15 is 0 Å². The van der Waals surface area contributed by atoms with Crippen molar-refractivity contribution in [3.63, 3.8) is 0 Å². The molecule has 2 aromatic heterocycles. The first-order valence-corrected chi connectivity index (χ1v) is 12.6. The van der Waals surface area contributed by atoms with E-state index in [1.807, 2.05) is 30.3 Å². The summed E-state index contributed by atoms with van der Waals surface area (Å²) < 4.78 is 2.31. The fourth-order valence-electron chi connectivity index (χ4n) is 5.05. The summed E-state index contributed by atoms with van der Waals surface area (Å²) in [5, 5.41) is 3.39. The number of carbonyl (C=O) groups excluding carboxylic acids is 1. The molecule has 1 amide bonds. The molecule has 1 aliphatic heterocycles. The minimum absolute atomic E-state index is 0.0295. The standard InChI is InChI=1S/C28H30ClN5O/c1-20(35)31-24-7-4-6-22(18-24)21-12-16-33(17-13-21)14-5-15-34-26-9-3-2-8-25(26)32-28(34)23-10-11-27(29)30-19-23/h2-4,6-11,18-19,21H,5,12-17H2,1H3,(H,31,35). The fourth-order valence-corrected chi connectivity index (χ4v) is 5.16. The Balaban J connectivity index is 1.21. The van der Waals surface area contributed by atoms with Crippen molar-refractivity contribution in [3.05, 3.63) is 77.6 Å². The predicted molar refractivity (Wildman–Crippen MR) is 142 cm³/mol. The first kappa shape index (κ1) is 23.5. The highest BCUT2D eigenvalue weighted by molar-refractivity contribution is 6.29. The van der Waals surface area contributed by atoms with Gasteiger partial charge in [-0.2, -0.15) is 0 Å². The van der Waals surface area contributed by atoms with Crippen LogP contribution in [0, 0.1) is 0 Å². The van der Waals surface area contributed by atoms with E-state index in [1.165, 1.54) is 5.56 Å². The Bertz CT molecular complexity index is 1310. The highest BCUT2D eigenvalue weighted by Crippen LogP contribution is 2.30. The third-order valence-electron chi connectivity index (χ3n) is 6.76. The number of hydrogen-bond donors (Lipinski definition) is 1. The maximum Gasteiger partial charge on any atom is 0.221 e. The molecule has 4 aromatic rings. The van der Waals surface area contributed by atoms with Crippen molar-refractivity contribution < 1.29 is 4.79 Å². The molecule has 0 atom stereocenters. The van der Waals surface area contributed by atoms with Crippen molar-refractivity contribution in [1.29, 1.82) is 0 Å². The SMILES string of the molecule is CC(=O)Nc1cccc(C2CCN(CCCn3c(-c4ccc(Cl)nc4)nc4ccccc43)CC2)c1. The van der Waals surface area contributed by atoms with E-state index in [4.69, 9.17) is 16.6 Å². The first-order valence-electron chi connectivity index (χ1n) is 12.2. The van der Waals surface area contributed by atoms with Crippen LogP contribution in [-0.2, 0) is 11.3 Å². The van der Waals surface area contributed by atoms with Crippen LogP contribution in [0.2, 0.25) is 5.15 Å². The van der Waals surface area contributed by atoms with Gasteiger partial charge in [-0.25, -0.2) is 9.97 Å². The molecule has 5 rings (SSSR count). The van der Waals surface area contributed by atoms with Crippen molar-refractivity contribution in [2.45, 2.75) is 38.6 Å². The molecule has 1 N–H and O–H groups in total. The summed E-state index contributed by atoms with van der Waals surface area (Å²) in [5.74, 6) is 1.45. The molecule has 1 saturated heterocycles. The molecule has 6 nitrogen and oxygen atoms in total. The third-order valence-corrected chi connectivity index (χ3v) is 6.99. The number of amides is 1. The van der Waals surface area contributed by atoms with Gasteiger partial charge in [0, 0.05) is 30.9 Å². The van der Waals surface area contributed by atoms with Gasteiger partial charge in [-0.1, -0.05) is 35.9 Å². The van der Waals surface area contributed by atoms with E-state index in [1.54, 1.807) is 13.1 Å². The molecular weight excluding hydrogens is 458 g/mol. The van der Waals surface area contributed by atoms with Gasteiger partial charge in [0.05, 0.1) is 11.0 Å². The second-order valence-electron chi connectivity index (χ2n) is 9.22. The van der Waals surface area contributed by atoms with E-state index < -0.39 is 0 Å². The van der Waals surface area contributed by atoms with Crippen molar-refractivity contribution in [3.8, 4) is 11.4 Å². The molecule has 0 saturated carbocycles. The number of imidazole rings is 1. The molecule has 1 fully saturated rings. The summed E-state index contributed by atoms with van der Waals surface area (Å²) in [6, 6.07) is 20.4. The van der Waals surface area contributed by atoms with Crippen LogP contribution in [0.3, 0.4) is 0 Å². The number of rotatable bonds is 7. The molecule has 0 bridgehead atoms. The van der Waals surface area contributed by atoms with Crippen LogP contribution in [0.5, 0.6) is 0 Å². The number of pyridine rings is 1. The fraction of sp³-hybridized carbons (Fsp3) is 0.321. The number of hydrogen-bond acceptors (Lipinski definition) is 4. The Kier molecular flexibility index (Phi) is 7.11. The Hall–Kier alpha value is -3.22. The summed E-state index contributed by atoms with van der Waals surface area (Å²) in [7, 11) is 0. The van der Waals surface area contributed by atoms with Crippen LogP contribution in [0.4, 0.5) is 5.69 Å². The largest absolute Gasteiger partial charge is 0.326 e. The van der Waals surface area contributed by atoms with Gasteiger partial charge in [-0.05, 0) is 86.8 Å². The number of para-hydroxylation sites is 2. The van der Waals surface area contributed by atoms with Gasteiger partial charge in [-0.15, -0.1) is 0 Å². The number of nitrogens with one attached hydrogen (secondary N) is 1. The number of anilines is 1. The van der Waals surface area contributed by atoms with Crippen LogP contribution in [0.1, 0.15) is 37.7 Å². The molecule has 0 unspecified atom stereocenters. The maximum absolute atomic E-state index is 11.4. The van der Waals surface area contributed by atoms with E-state index in [9.17, 15) is 4.79 Å². The van der Waals surface area contributed by atoms with Crippen LogP contribution in [0.15, 0.2) is 66.9 Å². The number of carbonyl (C=O) groups is 1. The third kappa shape index (κ3) is 5.55. The molecule has 0 aliphatic carbocycles. The van der Waals surface area contributed by atoms with Crippen molar-refractivity contribution in [2.24, 2.45) is 0 Å². The van der Waals surface area contributed by atoms with Crippen LogP contribution >= 0.6 is 11.6 Å². The molecule has 35 heavy (non-hydrogen) atoms. The summed E-state index contributed by atoms with van der Waals surface area (Å²) in [6.45, 7) is 5.69. The first-order chi connectivity index (χ1) is 17.1. The Morgan fingerprint density at radius 3 is 2.66 bits per heavy atom. The number of nitrogens with zero attached hydrogens (tertiary/aromatic N) is 4. The van der Waals surface area contributed by atoms with Gasteiger partial charge in [0.25, 0.3) is 0 Å². The van der Waals surface area contributed by atoms with E-state index in [0.29, 0.717) is 11.1 Å². The Morgan fingerprint density at radius 2 is 1.89 bits per heavy atom. The molecule has 7 heteroatoms. The quantitative estimate of drug-likeness (QED) is 0.326. The molecule has 1 aliphatic rings. The smallest absolute Gasteiger partial charge is 0.221 e. The van der Waals surface area contributed by atoms with Gasteiger partial charge >= 0.3 is 0 Å². The number of piperidine rings is 1. The lowest BCUT2D eigenvalue weighted by molar-refractivity contribution is -0.114. The Morgan fingerprint density at radius 1 is 1.06 bits per heavy atom. The van der Waals surface area contributed by atoms with Crippen LogP contribution in [-0.4, -0.2) is 45.0 Å². The number of likely N-dealkylation sites (tertiary alicyclic amines) is 1. The number of fused-ring (bicyclic) bond motifs is 1. The lowest BCUT2D eigenvalue weighted by atomic mass is 9.89. The Labute approximate surface area is 211 Å². The molecule has 2 aromatic carbocycles. The zero-order valence-electron chi connectivity index (χ0n) is 20.0. The van der Waals surface area contributed by atoms with Crippen LogP contribution in [0.25, 0.3) is 22.4 Å². The molecule has 0 spiro atoms. The lowest BCUT2D eigenvalue weighted by Gasteiger charge is -2.32. The van der Waals surface area contributed by atoms with E-state index in [0.717, 1.165) is 73.6 Å². The van der Waals surface area contributed by atoms with Gasteiger partial charge in [0.2, 0.25) is 5.91 Å². The number of aromatic nitrogens is 3. The highest BCUT2D eigenvalue weighted by Gasteiger charge is 2.21. The highest BCUT2D eigenvalue weighted by atomic mass is 35.5. The van der Waals surface area contributed by atoms with Crippen molar-refractivity contribution in [1.82, 2.24) is 19.4 Å². The molecular formula is C28H30ClN5O. The van der Waals surface area contributed by atoms with Gasteiger partial charge < -0.3 is 14.8 Å². The molecule has 3 heterocycles. The number of benzene rings is 2. The zero-order chi connectivity index (χ0) is 24.2. The topological polar surface area (TPSA) is 63.1 Å². The van der Waals surface area contributed by atoms with Crippen molar-refractivity contribution >= 4 is 34.2 Å². The lowest BCUT2D eigenvalue weighted by Crippen LogP contribution is -2.34. The zero-order valence-corrected chi connectivity index (χ0v) is 20.7. The number of aryl methyl sites for hydroxylation is 1. The normalized spacial score (nSPS) is 14.9. The average molecular weight is 488 g/mol. The van der Waals surface area contributed by atoms with Gasteiger partial charge in [-0.3, -0.25) is 4.79 Å². The van der Waals surface area contributed by atoms with E-state index in [2.05, 4.69) is 50.1 Å². The minimum Gasteiger partial charge on any atom is -0.326 e. The summed E-state index contributed by atoms with van der Waals surface area (Å²) in [6.07, 6.45) is 5.13. The predicted octanol–water partition coefficient (Wildman–Crippen LogP) is 5.98. The second kappa shape index (κ2) is 10.6. The van der Waals surface area contributed by atoms with Crippen LogP contribution < -0.4 is 5.32 Å².